The molecule has 5 N–H and O–H groups in total. The number of nitrogens with two attached hydrogens (primary N) is 1. The van der Waals surface area contributed by atoms with Gasteiger partial charge in [0, 0.05) is 6.54 Å². The second kappa shape index (κ2) is 6.74. The highest BCUT2D eigenvalue weighted by Gasteiger charge is 2.14. The Bertz CT molecular complexity index is 518. The second-order valence-corrected chi connectivity index (χ2v) is 4.78. The Morgan fingerprint density at radius 1 is 1.40 bits per heavy atom. The number of carbonyl (C=O) groups excluding carboxylic acids is 1. The molecule has 0 heterocycles. The van der Waals surface area contributed by atoms with Gasteiger partial charge in [0.2, 0.25) is 5.91 Å². The van der Waals surface area contributed by atoms with Gasteiger partial charge in [0.25, 0.3) is 0 Å². The van der Waals surface area contributed by atoms with Gasteiger partial charge in [0.1, 0.15) is 5.82 Å². The van der Waals surface area contributed by atoms with Crippen LogP contribution in [0.2, 0.25) is 0 Å². The summed E-state index contributed by atoms with van der Waals surface area (Å²) in [6.07, 6.45) is 0. The molecule has 0 bridgehead atoms. The van der Waals surface area contributed by atoms with Gasteiger partial charge in [0.15, 0.2) is 0 Å². The zero-order valence-electron chi connectivity index (χ0n) is 11.4. The van der Waals surface area contributed by atoms with E-state index in [-0.39, 0.29) is 23.8 Å². The lowest BCUT2D eigenvalue weighted by Gasteiger charge is -2.12. The maximum absolute atomic E-state index is 13.5. The molecule has 0 aliphatic rings. The van der Waals surface area contributed by atoms with Crippen molar-refractivity contribution in [3.63, 3.8) is 0 Å². The van der Waals surface area contributed by atoms with Crippen molar-refractivity contribution in [3.8, 4) is 0 Å². The second-order valence-electron chi connectivity index (χ2n) is 4.78. The van der Waals surface area contributed by atoms with E-state index in [2.05, 4.69) is 10.6 Å². The molecule has 1 amide bonds. The van der Waals surface area contributed by atoms with Gasteiger partial charge in [-0.25, -0.2) is 9.18 Å². The third kappa shape index (κ3) is 4.42. The predicted octanol–water partition coefficient (Wildman–Crippen LogP) is 1.29. The topological polar surface area (TPSA) is 104 Å². The van der Waals surface area contributed by atoms with Crippen LogP contribution < -0.4 is 16.4 Å². The lowest BCUT2D eigenvalue weighted by atomic mass is 10.1. The number of amides is 1. The Hall–Kier alpha value is -2.31. The summed E-state index contributed by atoms with van der Waals surface area (Å²) in [5.41, 5.74) is 5.37. The van der Waals surface area contributed by atoms with Crippen molar-refractivity contribution in [2.45, 2.75) is 13.8 Å². The maximum atomic E-state index is 13.5. The molecule has 0 aliphatic carbocycles. The van der Waals surface area contributed by atoms with Gasteiger partial charge in [-0.05, 0) is 18.1 Å². The zero-order chi connectivity index (χ0) is 15.3. The lowest BCUT2D eigenvalue weighted by molar-refractivity contribution is -0.119. The van der Waals surface area contributed by atoms with E-state index in [0.29, 0.717) is 12.5 Å². The molecule has 0 fully saturated rings. The molecular formula is C13H18FN3O3. The van der Waals surface area contributed by atoms with E-state index in [1.165, 1.54) is 0 Å². The smallest absolute Gasteiger partial charge is 0.338 e. The summed E-state index contributed by atoms with van der Waals surface area (Å²) in [6.45, 7) is 4.41. The Labute approximate surface area is 116 Å². The number of aromatic carboxylic acids is 1. The highest BCUT2D eigenvalue weighted by atomic mass is 19.1. The molecule has 0 unspecified atom stereocenters. The molecule has 0 atom stereocenters. The molecule has 1 aromatic rings. The zero-order valence-corrected chi connectivity index (χ0v) is 11.4. The minimum absolute atomic E-state index is 0.0667. The average Bonchev–Trinajstić information content (AvgIpc) is 2.36. The van der Waals surface area contributed by atoms with Gasteiger partial charge in [-0.3, -0.25) is 4.79 Å². The largest absolute Gasteiger partial charge is 0.478 e. The average molecular weight is 283 g/mol. The molecule has 6 nitrogen and oxygen atoms in total. The molecule has 0 radical (unpaired) electrons. The molecule has 0 spiro atoms. The van der Waals surface area contributed by atoms with E-state index >= 15 is 0 Å². The number of halogens is 1. The third-order valence-electron chi connectivity index (χ3n) is 2.52. The molecule has 20 heavy (non-hydrogen) atoms. The van der Waals surface area contributed by atoms with Crippen LogP contribution in [0.1, 0.15) is 24.2 Å². The Balaban J connectivity index is 2.67. The van der Waals surface area contributed by atoms with E-state index in [0.717, 1.165) is 12.1 Å². The van der Waals surface area contributed by atoms with Crippen LogP contribution in [-0.2, 0) is 4.79 Å². The van der Waals surface area contributed by atoms with Gasteiger partial charge in [-0.15, -0.1) is 0 Å². The Kier molecular flexibility index (Phi) is 5.31. The van der Waals surface area contributed by atoms with Crippen LogP contribution in [0.25, 0.3) is 0 Å². The Morgan fingerprint density at radius 2 is 2.05 bits per heavy atom. The van der Waals surface area contributed by atoms with Crippen molar-refractivity contribution in [1.82, 2.24) is 5.32 Å². The third-order valence-corrected chi connectivity index (χ3v) is 2.52. The molecule has 1 rings (SSSR count). The molecule has 110 valence electrons. The lowest BCUT2D eigenvalue weighted by Crippen LogP contribution is -2.32. The van der Waals surface area contributed by atoms with Crippen molar-refractivity contribution in [2.24, 2.45) is 5.92 Å². The maximum Gasteiger partial charge on any atom is 0.338 e. The van der Waals surface area contributed by atoms with E-state index in [9.17, 15) is 14.0 Å². The van der Waals surface area contributed by atoms with Crippen LogP contribution in [0, 0.1) is 11.7 Å². The number of anilines is 2. The molecule has 7 heteroatoms. The van der Waals surface area contributed by atoms with Crippen molar-refractivity contribution in [2.75, 3.05) is 24.1 Å². The number of nitrogens with one attached hydrogen (secondary N) is 2. The van der Waals surface area contributed by atoms with Crippen molar-refractivity contribution < 1.29 is 19.1 Å². The van der Waals surface area contributed by atoms with Gasteiger partial charge >= 0.3 is 5.97 Å². The number of carboxylic acids is 1. The summed E-state index contributed by atoms with van der Waals surface area (Å²) >= 11 is 0. The number of nitrogen functional groups attached to an aromatic ring is 1. The number of rotatable bonds is 6. The van der Waals surface area contributed by atoms with E-state index in [4.69, 9.17) is 10.8 Å². The monoisotopic (exact) mass is 283 g/mol. The van der Waals surface area contributed by atoms with Gasteiger partial charge < -0.3 is 21.5 Å². The van der Waals surface area contributed by atoms with Crippen molar-refractivity contribution in [3.05, 3.63) is 23.5 Å². The molecular weight excluding hydrogens is 265 g/mol. The van der Waals surface area contributed by atoms with E-state index in [1.807, 2.05) is 13.8 Å². The summed E-state index contributed by atoms with van der Waals surface area (Å²) in [6, 6.07) is 1.99. The standard InChI is InChI=1S/C13H18FN3O3/c1-7(2)5-17-12(18)6-16-11-4-9(14)8(13(19)20)3-10(11)15/h3-4,7,16H,5-6,15H2,1-2H3,(H,17,18)(H,19,20). The predicted molar refractivity (Wildman–Crippen MR) is 74.1 cm³/mol. The molecule has 1 aromatic carbocycles. The van der Waals surface area contributed by atoms with Gasteiger partial charge in [0.05, 0.1) is 23.5 Å². The van der Waals surface area contributed by atoms with Gasteiger partial charge in [-0.2, -0.15) is 0 Å². The summed E-state index contributed by atoms with van der Waals surface area (Å²) in [7, 11) is 0. The minimum Gasteiger partial charge on any atom is -0.478 e. The SMILES string of the molecule is CC(C)CNC(=O)CNc1cc(F)c(C(=O)O)cc1N. The van der Waals surface area contributed by atoms with Crippen LogP contribution in [0.4, 0.5) is 15.8 Å². The summed E-state index contributed by atoms with van der Waals surface area (Å²) < 4.78 is 13.5. The molecule has 0 saturated heterocycles. The fraction of sp³-hybridized carbons (Fsp3) is 0.385. The van der Waals surface area contributed by atoms with Crippen LogP contribution in [0.3, 0.4) is 0 Å². The first-order valence-electron chi connectivity index (χ1n) is 6.14. The highest BCUT2D eigenvalue weighted by Crippen LogP contribution is 2.22. The number of hydrogen-bond acceptors (Lipinski definition) is 4. The van der Waals surface area contributed by atoms with Crippen LogP contribution in [0.5, 0.6) is 0 Å². The normalized spacial score (nSPS) is 10.4. The quantitative estimate of drug-likeness (QED) is 0.589. The Morgan fingerprint density at radius 3 is 2.60 bits per heavy atom. The van der Waals surface area contributed by atoms with Crippen molar-refractivity contribution >= 4 is 23.3 Å². The van der Waals surface area contributed by atoms with E-state index in [1.54, 1.807) is 0 Å². The molecule has 0 aliphatic heterocycles. The van der Waals surface area contributed by atoms with Crippen LogP contribution in [0.15, 0.2) is 12.1 Å². The van der Waals surface area contributed by atoms with Crippen LogP contribution in [-0.4, -0.2) is 30.1 Å². The first kappa shape index (κ1) is 15.7. The van der Waals surface area contributed by atoms with Gasteiger partial charge in [-0.1, -0.05) is 13.8 Å². The number of benzene rings is 1. The number of carbonyl (C=O) groups is 2. The first-order valence-corrected chi connectivity index (χ1v) is 6.14. The summed E-state index contributed by atoms with van der Waals surface area (Å²) in [5.74, 6) is -2.22. The fourth-order valence-corrected chi connectivity index (χ4v) is 1.46. The molecule has 0 aromatic heterocycles. The number of hydrogen-bond donors (Lipinski definition) is 4. The molecule has 0 saturated carbocycles. The van der Waals surface area contributed by atoms with Crippen LogP contribution >= 0.6 is 0 Å². The van der Waals surface area contributed by atoms with Crippen molar-refractivity contribution in [1.29, 1.82) is 0 Å². The highest BCUT2D eigenvalue weighted by molar-refractivity contribution is 5.91. The van der Waals surface area contributed by atoms with E-state index < -0.39 is 17.3 Å². The summed E-state index contributed by atoms with van der Waals surface area (Å²) in [5, 5.41) is 14.1. The minimum atomic E-state index is -1.39. The summed E-state index contributed by atoms with van der Waals surface area (Å²) in [4.78, 5) is 22.2. The number of carboxylic acid groups (broad SMARTS) is 1. The fourth-order valence-electron chi connectivity index (χ4n) is 1.46. The first-order chi connectivity index (χ1) is 9.31.